The van der Waals surface area contributed by atoms with Gasteiger partial charge in [0.1, 0.15) is 5.69 Å². The van der Waals surface area contributed by atoms with Gasteiger partial charge >= 0.3 is 0 Å². The lowest BCUT2D eigenvalue weighted by molar-refractivity contribution is 0.0690. The van der Waals surface area contributed by atoms with Crippen LogP contribution in [0.2, 0.25) is 0 Å². The van der Waals surface area contributed by atoms with Crippen molar-refractivity contribution in [1.29, 1.82) is 5.26 Å². The smallest absolute Gasteiger partial charge is 0.270 e. The highest BCUT2D eigenvalue weighted by atomic mass is 16.5. The first-order chi connectivity index (χ1) is 13.6. The van der Waals surface area contributed by atoms with Crippen molar-refractivity contribution in [3.05, 3.63) is 41.1 Å². The van der Waals surface area contributed by atoms with Gasteiger partial charge in [-0.3, -0.25) is 9.48 Å². The second-order valence-electron chi connectivity index (χ2n) is 7.97. The van der Waals surface area contributed by atoms with Gasteiger partial charge in [0.2, 0.25) is 0 Å². The molecule has 0 spiro atoms. The number of carbonyl (C=O) groups is 1. The van der Waals surface area contributed by atoms with E-state index in [4.69, 9.17) is 15.1 Å². The second-order valence-corrected chi connectivity index (χ2v) is 7.97. The van der Waals surface area contributed by atoms with Crippen molar-refractivity contribution >= 4 is 5.91 Å². The van der Waals surface area contributed by atoms with Crippen LogP contribution in [-0.2, 0) is 4.74 Å². The number of benzene rings is 1. The Bertz CT molecular complexity index is 898. The average molecular weight is 378 g/mol. The van der Waals surface area contributed by atoms with E-state index in [0.717, 1.165) is 42.5 Å². The number of aromatic nitrogens is 2. The van der Waals surface area contributed by atoms with E-state index in [1.165, 1.54) is 0 Å². The Morgan fingerprint density at radius 1 is 1.21 bits per heavy atom. The fourth-order valence-electron chi connectivity index (χ4n) is 3.82. The number of nitrogens with one attached hydrogen (secondary N) is 1. The Morgan fingerprint density at radius 3 is 2.46 bits per heavy atom. The van der Waals surface area contributed by atoms with Gasteiger partial charge in [-0.1, -0.05) is 12.1 Å². The van der Waals surface area contributed by atoms with Crippen LogP contribution in [0.4, 0.5) is 0 Å². The van der Waals surface area contributed by atoms with E-state index in [1.807, 2.05) is 28.9 Å². The van der Waals surface area contributed by atoms with Crippen LogP contribution in [0, 0.1) is 11.3 Å². The molecule has 6 nitrogen and oxygen atoms in total. The molecule has 2 aromatic rings. The Hall–Kier alpha value is -2.65. The molecule has 1 N–H and O–H groups in total. The summed E-state index contributed by atoms with van der Waals surface area (Å²) < 4.78 is 7.28. The van der Waals surface area contributed by atoms with Gasteiger partial charge < -0.3 is 10.1 Å². The number of nitriles is 1. The number of carbonyl (C=O) groups excluding carboxylic acids is 1. The molecule has 0 atom stereocenters. The standard InChI is InChI=1S/C22H26N4O2/c1-14(2)26-21(22(27)24-18-9-11-28-12-10-18)19(16-7-8-16)20(25-26)17-5-3-15(13-23)4-6-17/h3-6,14,16,18H,7-12H2,1-2H3,(H,24,27). The number of rotatable bonds is 5. The van der Waals surface area contributed by atoms with Crippen LogP contribution in [0.1, 0.15) is 73.1 Å². The van der Waals surface area contributed by atoms with Gasteiger partial charge in [0.05, 0.1) is 17.3 Å². The summed E-state index contributed by atoms with van der Waals surface area (Å²) in [6.45, 7) is 5.50. The molecular formula is C22H26N4O2. The highest BCUT2D eigenvalue weighted by Gasteiger charge is 2.36. The van der Waals surface area contributed by atoms with Crippen LogP contribution in [0.15, 0.2) is 24.3 Å². The molecular weight excluding hydrogens is 352 g/mol. The van der Waals surface area contributed by atoms with E-state index in [0.29, 0.717) is 30.4 Å². The van der Waals surface area contributed by atoms with Gasteiger partial charge in [-0.15, -0.1) is 0 Å². The lowest BCUT2D eigenvalue weighted by Crippen LogP contribution is -2.40. The number of ether oxygens (including phenoxy) is 1. The number of amides is 1. The summed E-state index contributed by atoms with van der Waals surface area (Å²) in [5, 5.41) is 17.1. The van der Waals surface area contributed by atoms with E-state index >= 15 is 0 Å². The summed E-state index contributed by atoms with van der Waals surface area (Å²) in [5.74, 6) is 0.350. The maximum atomic E-state index is 13.3. The molecule has 1 aromatic carbocycles. The monoisotopic (exact) mass is 378 g/mol. The van der Waals surface area contributed by atoms with E-state index < -0.39 is 0 Å². The van der Waals surface area contributed by atoms with E-state index in [9.17, 15) is 4.79 Å². The summed E-state index contributed by atoms with van der Waals surface area (Å²) in [7, 11) is 0. The van der Waals surface area contributed by atoms with Gasteiger partial charge in [0, 0.05) is 36.4 Å². The summed E-state index contributed by atoms with van der Waals surface area (Å²) >= 11 is 0. The third-order valence-corrected chi connectivity index (χ3v) is 5.48. The third kappa shape index (κ3) is 3.67. The molecule has 6 heteroatoms. The SMILES string of the molecule is CC(C)n1nc(-c2ccc(C#N)cc2)c(C2CC2)c1C(=O)NC1CCOCC1. The van der Waals surface area contributed by atoms with Crippen LogP contribution >= 0.6 is 0 Å². The molecule has 1 saturated heterocycles. The van der Waals surface area contributed by atoms with Crippen molar-refractivity contribution in [3.8, 4) is 17.3 Å². The minimum absolute atomic E-state index is 0.0325. The fourth-order valence-corrected chi connectivity index (χ4v) is 3.82. The Kier molecular flexibility index (Phi) is 5.19. The molecule has 4 rings (SSSR count). The van der Waals surface area contributed by atoms with Crippen molar-refractivity contribution in [2.45, 2.75) is 57.5 Å². The van der Waals surface area contributed by atoms with E-state index in [2.05, 4.69) is 25.2 Å². The molecule has 1 amide bonds. The van der Waals surface area contributed by atoms with Crippen molar-refractivity contribution < 1.29 is 9.53 Å². The number of nitrogens with zero attached hydrogens (tertiary/aromatic N) is 3. The highest BCUT2D eigenvalue weighted by Crippen LogP contribution is 2.46. The Labute approximate surface area is 165 Å². The summed E-state index contributed by atoms with van der Waals surface area (Å²) in [5.41, 5.74) is 4.21. The predicted octanol–water partition coefficient (Wildman–Crippen LogP) is 3.79. The predicted molar refractivity (Wildman–Crippen MR) is 106 cm³/mol. The number of hydrogen-bond donors (Lipinski definition) is 1. The maximum Gasteiger partial charge on any atom is 0.270 e. The minimum Gasteiger partial charge on any atom is -0.381 e. The van der Waals surface area contributed by atoms with Gasteiger partial charge in [0.25, 0.3) is 5.91 Å². The van der Waals surface area contributed by atoms with Gasteiger partial charge in [-0.2, -0.15) is 10.4 Å². The molecule has 0 unspecified atom stereocenters. The zero-order valence-electron chi connectivity index (χ0n) is 16.4. The van der Waals surface area contributed by atoms with E-state index in [1.54, 1.807) is 0 Å². The molecule has 0 bridgehead atoms. The van der Waals surface area contributed by atoms with Crippen LogP contribution in [0.5, 0.6) is 0 Å². The first kappa shape index (κ1) is 18.7. The van der Waals surface area contributed by atoms with Gasteiger partial charge in [-0.05, 0) is 57.6 Å². The lowest BCUT2D eigenvalue weighted by Gasteiger charge is -2.24. The van der Waals surface area contributed by atoms with Crippen LogP contribution in [0.25, 0.3) is 11.3 Å². The second kappa shape index (κ2) is 7.76. The Morgan fingerprint density at radius 2 is 1.89 bits per heavy atom. The summed E-state index contributed by atoms with van der Waals surface area (Å²) in [4.78, 5) is 13.3. The maximum absolute atomic E-state index is 13.3. The third-order valence-electron chi connectivity index (χ3n) is 5.48. The molecule has 28 heavy (non-hydrogen) atoms. The van der Waals surface area contributed by atoms with Crippen LogP contribution in [-0.4, -0.2) is 34.9 Å². The lowest BCUT2D eigenvalue weighted by atomic mass is 10.00. The summed E-state index contributed by atoms with van der Waals surface area (Å²) in [6, 6.07) is 9.86. The first-order valence-electron chi connectivity index (χ1n) is 10.1. The van der Waals surface area contributed by atoms with Crippen molar-refractivity contribution in [2.24, 2.45) is 0 Å². The Balaban J connectivity index is 1.74. The molecule has 2 aliphatic rings. The van der Waals surface area contributed by atoms with Crippen molar-refractivity contribution in [3.63, 3.8) is 0 Å². The molecule has 2 heterocycles. The molecule has 1 saturated carbocycles. The molecule has 1 aromatic heterocycles. The fraction of sp³-hybridized carbons (Fsp3) is 0.500. The number of hydrogen-bond acceptors (Lipinski definition) is 4. The quantitative estimate of drug-likeness (QED) is 0.858. The van der Waals surface area contributed by atoms with Crippen molar-refractivity contribution in [1.82, 2.24) is 15.1 Å². The van der Waals surface area contributed by atoms with Crippen LogP contribution < -0.4 is 5.32 Å². The molecule has 2 fully saturated rings. The topological polar surface area (TPSA) is 79.9 Å². The van der Waals surface area contributed by atoms with Crippen LogP contribution in [0.3, 0.4) is 0 Å². The summed E-state index contributed by atoms with van der Waals surface area (Å²) in [6.07, 6.45) is 3.88. The van der Waals surface area contributed by atoms with Gasteiger partial charge in [-0.25, -0.2) is 0 Å². The zero-order valence-corrected chi connectivity index (χ0v) is 16.4. The highest BCUT2D eigenvalue weighted by molar-refractivity contribution is 5.96. The zero-order chi connectivity index (χ0) is 19.7. The van der Waals surface area contributed by atoms with Gasteiger partial charge in [0.15, 0.2) is 0 Å². The molecule has 1 aliphatic heterocycles. The normalized spacial score (nSPS) is 17.5. The first-order valence-corrected chi connectivity index (χ1v) is 10.1. The molecule has 146 valence electrons. The largest absolute Gasteiger partial charge is 0.381 e. The van der Waals surface area contributed by atoms with Crippen molar-refractivity contribution in [2.75, 3.05) is 13.2 Å². The average Bonchev–Trinajstić information content (AvgIpc) is 3.47. The molecule has 0 radical (unpaired) electrons. The minimum atomic E-state index is -0.0325. The molecule has 1 aliphatic carbocycles. The van der Waals surface area contributed by atoms with E-state index in [-0.39, 0.29) is 18.0 Å².